The molecule has 18 heavy (non-hydrogen) atoms. The van der Waals surface area contributed by atoms with Gasteiger partial charge in [-0.15, -0.1) is 0 Å². The molecule has 1 atom stereocenters. The summed E-state index contributed by atoms with van der Waals surface area (Å²) in [5, 5.41) is 0. The Kier molecular flexibility index (Phi) is 4.95. The quantitative estimate of drug-likeness (QED) is 0.596. The first-order valence-electron chi connectivity index (χ1n) is 5.73. The standard InChI is InChI=1S/C13H22N2O3/c1-13(2,18-5)12(15-14)10-8-9(16-3)6-7-11(10)17-4/h6-8,12,15H,14H2,1-5H3. The van der Waals surface area contributed by atoms with Gasteiger partial charge in [0.25, 0.3) is 0 Å². The molecule has 0 radical (unpaired) electrons. The molecule has 0 aromatic heterocycles. The summed E-state index contributed by atoms with van der Waals surface area (Å²) in [5.41, 5.74) is 3.19. The Labute approximate surface area is 108 Å². The van der Waals surface area contributed by atoms with Gasteiger partial charge in [-0.1, -0.05) is 0 Å². The third kappa shape index (κ3) is 2.93. The summed E-state index contributed by atoms with van der Waals surface area (Å²) in [6.45, 7) is 3.91. The van der Waals surface area contributed by atoms with Gasteiger partial charge in [0, 0.05) is 12.7 Å². The second-order valence-corrected chi connectivity index (χ2v) is 4.52. The van der Waals surface area contributed by atoms with Gasteiger partial charge in [-0.2, -0.15) is 0 Å². The number of hydrazine groups is 1. The molecule has 0 bridgehead atoms. The van der Waals surface area contributed by atoms with Crippen LogP contribution in [0, 0.1) is 0 Å². The van der Waals surface area contributed by atoms with Crippen LogP contribution in [0.15, 0.2) is 18.2 Å². The summed E-state index contributed by atoms with van der Waals surface area (Å²) in [4.78, 5) is 0. The average molecular weight is 254 g/mol. The van der Waals surface area contributed by atoms with Gasteiger partial charge in [0.2, 0.25) is 0 Å². The van der Waals surface area contributed by atoms with Crippen molar-refractivity contribution >= 4 is 0 Å². The van der Waals surface area contributed by atoms with Crippen molar-refractivity contribution in [2.75, 3.05) is 21.3 Å². The van der Waals surface area contributed by atoms with Gasteiger partial charge >= 0.3 is 0 Å². The van der Waals surface area contributed by atoms with Crippen molar-refractivity contribution in [3.05, 3.63) is 23.8 Å². The lowest BCUT2D eigenvalue weighted by atomic mass is 9.91. The van der Waals surface area contributed by atoms with E-state index in [-0.39, 0.29) is 6.04 Å². The van der Waals surface area contributed by atoms with Crippen molar-refractivity contribution in [1.29, 1.82) is 0 Å². The van der Waals surface area contributed by atoms with E-state index < -0.39 is 5.60 Å². The minimum Gasteiger partial charge on any atom is -0.497 e. The summed E-state index contributed by atoms with van der Waals surface area (Å²) in [7, 11) is 4.90. The third-order valence-corrected chi connectivity index (χ3v) is 3.14. The van der Waals surface area contributed by atoms with E-state index in [4.69, 9.17) is 20.1 Å². The van der Waals surface area contributed by atoms with Gasteiger partial charge in [-0.3, -0.25) is 5.84 Å². The molecule has 0 saturated heterocycles. The zero-order chi connectivity index (χ0) is 13.8. The summed E-state index contributed by atoms with van der Waals surface area (Å²) < 4.78 is 16.1. The first kappa shape index (κ1) is 14.8. The maximum absolute atomic E-state index is 5.66. The minimum atomic E-state index is -0.478. The Morgan fingerprint density at radius 2 is 1.83 bits per heavy atom. The molecule has 0 fully saturated rings. The summed E-state index contributed by atoms with van der Waals surface area (Å²) in [5.74, 6) is 7.14. The van der Waals surface area contributed by atoms with Crippen molar-refractivity contribution in [3.8, 4) is 11.5 Å². The maximum atomic E-state index is 5.66. The lowest BCUT2D eigenvalue weighted by Crippen LogP contribution is -2.44. The number of ether oxygens (including phenoxy) is 3. The Morgan fingerprint density at radius 1 is 1.17 bits per heavy atom. The van der Waals surface area contributed by atoms with E-state index in [1.54, 1.807) is 21.3 Å². The van der Waals surface area contributed by atoms with Crippen LogP contribution in [0.3, 0.4) is 0 Å². The topological polar surface area (TPSA) is 65.7 Å². The van der Waals surface area contributed by atoms with Crippen LogP contribution in [0.1, 0.15) is 25.5 Å². The molecule has 0 amide bonds. The second kappa shape index (κ2) is 6.04. The van der Waals surface area contributed by atoms with E-state index in [2.05, 4.69) is 5.43 Å². The minimum absolute atomic E-state index is 0.215. The molecule has 1 aromatic carbocycles. The van der Waals surface area contributed by atoms with E-state index in [1.165, 1.54) is 0 Å². The molecule has 3 N–H and O–H groups in total. The number of rotatable bonds is 6. The highest BCUT2D eigenvalue weighted by Gasteiger charge is 2.32. The van der Waals surface area contributed by atoms with Gasteiger partial charge in [-0.25, -0.2) is 5.43 Å². The van der Waals surface area contributed by atoms with Crippen LogP contribution in [0.5, 0.6) is 11.5 Å². The number of methoxy groups -OCH3 is 3. The van der Waals surface area contributed by atoms with Crippen molar-refractivity contribution in [1.82, 2.24) is 5.43 Å². The van der Waals surface area contributed by atoms with Crippen molar-refractivity contribution in [3.63, 3.8) is 0 Å². The smallest absolute Gasteiger partial charge is 0.124 e. The van der Waals surface area contributed by atoms with Crippen LogP contribution in [-0.2, 0) is 4.74 Å². The van der Waals surface area contributed by atoms with Gasteiger partial charge in [0.05, 0.1) is 25.9 Å². The molecule has 0 aliphatic heterocycles. The summed E-state index contributed by atoms with van der Waals surface area (Å²) >= 11 is 0. The molecule has 5 nitrogen and oxygen atoms in total. The van der Waals surface area contributed by atoms with Gasteiger partial charge in [0.15, 0.2) is 0 Å². The number of hydrogen-bond donors (Lipinski definition) is 2. The predicted molar refractivity (Wildman–Crippen MR) is 70.7 cm³/mol. The van der Waals surface area contributed by atoms with E-state index in [1.807, 2.05) is 32.0 Å². The molecule has 0 aliphatic carbocycles. The average Bonchev–Trinajstić information content (AvgIpc) is 2.39. The molecule has 0 heterocycles. The highest BCUT2D eigenvalue weighted by molar-refractivity contribution is 5.43. The van der Waals surface area contributed by atoms with Crippen LogP contribution in [-0.4, -0.2) is 26.9 Å². The van der Waals surface area contributed by atoms with E-state index in [0.29, 0.717) is 0 Å². The molecular formula is C13H22N2O3. The fourth-order valence-corrected chi connectivity index (χ4v) is 1.85. The Bertz CT molecular complexity index is 394. The zero-order valence-corrected chi connectivity index (χ0v) is 11.6. The maximum Gasteiger partial charge on any atom is 0.124 e. The van der Waals surface area contributed by atoms with Crippen molar-refractivity contribution < 1.29 is 14.2 Å². The van der Waals surface area contributed by atoms with Crippen LogP contribution >= 0.6 is 0 Å². The van der Waals surface area contributed by atoms with E-state index >= 15 is 0 Å². The van der Waals surface area contributed by atoms with Gasteiger partial charge in [-0.05, 0) is 32.0 Å². The van der Waals surface area contributed by atoms with E-state index in [9.17, 15) is 0 Å². The van der Waals surface area contributed by atoms with E-state index in [0.717, 1.165) is 17.1 Å². The van der Waals surface area contributed by atoms with Gasteiger partial charge in [0.1, 0.15) is 11.5 Å². The Morgan fingerprint density at radius 3 is 2.28 bits per heavy atom. The molecule has 1 rings (SSSR count). The van der Waals surface area contributed by atoms with Crippen LogP contribution in [0.4, 0.5) is 0 Å². The first-order valence-corrected chi connectivity index (χ1v) is 5.73. The van der Waals surface area contributed by atoms with Crippen molar-refractivity contribution in [2.24, 2.45) is 5.84 Å². The predicted octanol–water partition coefficient (Wildman–Crippen LogP) is 1.63. The molecule has 102 valence electrons. The number of nitrogens with one attached hydrogen (secondary N) is 1. The highest BCUT2D eigenvalue weighted by Crippen LogP contribution is 2.35. The molecule has 0 spiro atoms. The molecular weight excluding hydrogens is 232 g/mol. The van der Waals surface area contributed by atoms with Crippen molar-refractivity contribution in [2.45, 2.75) is 25.5 Å². The lowest BCUT2D eigenvalue weighted by Gasteiger charge is -2.33. The zero-order valence-electron chi connectivity index (χ0n) is 11.6. The van der Waals surface area contributed by atoms with Crippen LogP contribution in [0.2, 0.25) is 0 Å². The van der Waals surface area contributed by atoms with Crippen LogP contribution < -0.4 is 20.7 Å². The second-order valence-electron chi connectivity index (χ2n) is 4.52. The fraction of sp³-hybridized carbons (Fsp3) is 0.538. The van der Waals surface area contributed by atoms with Gasteiger partial charge < -0.3 is 14.2 Å². The van der Waals surface area contributed by atoms with Crippen LogP contribution in [0.25, 0.3) is 0 Å². The molecule has 1 aromatic rings. The monoisotopic (exact) mass is 254 g/mol. The highest BCUT2D eigenvalue weighted by atomic mass is 16.5. The SMILES string of the molecule is COc1ccc(OC)c(C(NN)C(C)(C)OC)c1. The largest absolute Gasteiger partial charge is 0.497 e. The summed E-state index contributed by atoms with van der Waals surface area (Å²) in [6.07, 6.45) is 0. The molecule has 1 unspecified atom stereocenters. The molecule has 5 heteroatoms. The summed E-state index contributed by atoms with van der Waals surface area (Å²) in [6, 6.07) is 5.37. The Hall–Kier alpha value is -1.30. The first-order chi connectivity index (χ1) is 8.50. The number of hydrogen-bond acceptors (Lipinski definition) is 5. The normalized spacial score (nSPS) is 13.2. The fourth-order valence-electron chi connectivity index (χ4n) is 1.85. The molecule has 0 aliphatic rings. The Balaban J connectivity index is 3.26. The molecule has 0 saturated carbocycles. The number of benzene rings is 1. The third-order valence-electron chi connectivity index (χ3n) is 3.14. The lowest BCUT2D eigenvalue weighted by molar-refractivity contribution is -0.0117. The number of nitrogens with two attached hydrogens (primary N) is 1.